The van der Waals surface area contributed by atoms with Gasteiger partial charge in [0.05, 0.1) is 19.2 Å². The maximum absolute atomic E-state index is 11.8. The van der Waals surface area contributed by atoms with Gasteiger partial charge in [-0.3, -0.25) is 9.69 Å². The van der Waals surface area contributed by atoms with Crippen LogP contribution in [0.25, 0.3) is 0 Å². The summed E-state index contributed by atoms with van der Waals surface area (Å²) in [6.07, 6.45) is -2.92. The van der Waals surface area contributed by atoms with E-state index in [2.05, 4.69) is 21.6 Å². The summed E-state index contributed by atoms with van der Waals surface area (Å²) in [5.41, 5.74) is 1.17. The number of nitrogens with one attached hydrogen (secondary N) is 2. The molecule has 0 aromatic heterocycles. The highest BCUT2D eigenvalue weighted by Gasteiger charge is 2.38. The van der Waals surface area contributed by atoms with Gasteiger partial charge in [-0.05, 0) is 24.9 Å². The summed E-state index contributed by atoms with van der Waals surface area (Å²) in [6, 6.07) is 12.5. The maximum Gasteiger partial charge on any atom is 0.490 e. The summed E-state index contributed by atoms with van der Waals surface area (Å²) in [5, 5.41) is 22.0. The molecule has 0 spiro atoms. The lowest BCUT2D eigenvalue weighted by molar-refractivity contribution is -0.192. The van der Waals surface area contributed by atoms with Crippen LogP contribution in [0.15, 0.2) is 30.3 Å². The molecule has 0 unspecified atom stereocenters. The van der Waals surface area contributed by atoms with Gasteiger partial charge in [0.2, 0.25) is 5.91 Å². The summed E-state index contributed by atoms with van der Waals surface area (Å²) < 4.78 is 31.7. The minimum absolute atomic E-state index is 0.00902. The van der Waals surface area contributed by atoms with Gasteiger partial charge in [-0.25, -0.2) is 4.79 Å². The third-order valence-corrected chi connectivity index (χ3v) is 4.01. The van der Waals surface area contributed by atoms with Crippen molar-refractivity contribution in [2.24, 2.45) is 0 Å². The quantitative estimate of drug-likeness (QED) is 0.600. The van der Waals surface area contributed by atoms with Gasteiger partial charge in [-0.15, -0.1) is 0 Å². The fourth-order valence-corrected chi connectivity index (χ4v) is 2.64. The van der Waals surface area contributed by atoms with Crippen LogP contribution >= 0.6 is 0 Å². The normalized spacial score (nSPS) is 16.6. The van der Waals surface area contributed by atoms with Gasteiger partial charge < -0.3 is 15.7 Å². The number of rotatable bonds is 7. The van der Waals surface area contributed by atoms with E-state index in [0.29, 0.717) is 32.2 Å². The molecule has 1 aromatic rings. The highest BCUT2D eigenvalue weighted by atomic mass is 19.4. The number of hydrogen-bond donors (Lipinski definition) is 3. The van der Waals surface area contributed by atoms with E-state index in [1.54, 1.807) is 0 Å². The molecule has 1 aliphatic rings. The number of benzene rings is 1. The fraction of sp³-hybridized carbons (Fsp3) is 0.500. The number of likely N-dealkylation sites (tertiary alicyclic amines) is 1. The molecule has 0 aliphatic carbocycles. The number of carbonyl (C=O) groups is 2. The molecule has 1 saturated heterocycles. The van der Waals surface area contributed by atoms with Crippen LogP contribution in [0, 0.1) is 11.3 Å². The van der Waals surface area contributed by atoms with Crippen molar-refractivity contribution in [2.75, 3.05) is 26.2 Å². The van der Waals surface area contributed by atoms with Gasteiger partial charge in [-0.1, -0.05) is 30.3 Å². The van der Waals surface area contributed by atoms with E-state index in [1.807, 2.05) is 30.3 Å². The van der Waals surface area contributed by atoms with Crippen molar-refractivity contribution in [1.29, 1.82) is 5.26 Å². The van der Waals surface area contributed by atoms with Crippen LogP contribution in [-0.4, -0.2) is 60.3 Å². The second-order valence-electron chi connectivity index (χ2n) is 6.12. The molecule has 0 bridgehead atoms. The second-order valence-corrected chi connectivity index (χ2v) is 6.12. The summed E-state index contributed by atoms with van der Waals surface area (Å²) in [6.45, 7) is 3.05. The van der Waals surface area contributed by atoms with Crippen molar-refractivity contribution in [1.82, 2.24) is 15.5 Å². The number of halogens is 3. The Bertz CT molecular complexity index is 662. The molecule has 1 fully saturated rings. The van der Waals surface area contributed by atoms with Crippen LogP contribution in [0.4, 0.5) is 13.2 Å². The first-order chi connectivity index (χ1) is 13.2. The number of hydrogen-bond acceptors (Lipinski definition) is 5. The predicted octanol–water partition coefficient (Wildman–Crippen LogP) is 1.51. The smallest absolute Gasteiger partial charge is 0.475 e. The van der Waals surface area contributed by atoms with Gasteiger partial charge in [0.25, 0.3) is 0 Å². The molecule has 0 saturated carbocycles. The van der Waals surface area contributed by atoms with E-state index < -0.39 is 12.1 Å². The van der Waals surface area contributed by atoms with Crippen molar-refractivity contribution in [3.8, 4) is 6.07 Å². The lowest BCUT2D eigenvalue weighted by Gasteiger charge is -2.21. The van der Waals surface area contributed by atoms with E-state index in [9.17, 15) is 18.0 Å². The van der Waals surface area contributed by atoms with E-state index in [1.165, 1.54) is 5.56 Å². The molecule has 7 nitrogen and oxygen atoms in total. The fourth-order valence-electron chi connectivity index (χ4n) is 2.64. The number of carboxylic acid groups (broad SMARTS) is 1. The molecule has 1 aliphatic heterocycles. The predicted molar refractivity (Wildman–Crippen MR) is 95.1 cm³/mol. The van der Waals surface area contributed by atoms with Crippen LogP contribution in [0.5, 0.6) is 0 Å². The van der Waals surface area contributed by atoms with Crippen molar-refractivity contribution in [3.63, 3.8) is 0 Å². The van der Waals surface area contributed by atoms with E-state index in [-0.39, 0.29) is 5.91 Å². The third-order valence-electron chi connectivity index (χ3n) is 4.01. The highest BCUT2D eigenvalue weighted by Crippen LogP contribution is 2.15. The Morgan fingerprint density at radius 3 is 2.50 bits per heavy atom. The van der Waals surface area contributed by atoms with Gasteiger partial charge >= 0.3 is 12.1 Å². The molecular formula is C18H23F3N4O3. The zero-order chi connectivity index (χ0) is 21.0. The van der Waals surface area contributed by atoms with Crippen molar-refractivity contribution < 1.29 is 27.9 Å². The first kappa shape index (κ1) is 23.4. The largest absolute Gasteiger partial charge is 0.490 e. The Morgan fingerprint density at radius 1 is 1.29 bits per heavy atom. The first-order valence-electron chi connectivity index (χ1n) is 8.66. The lowest BCUT2D eigenvalue weighted by atomic mass is 10.2. The number of carbonyl (C=O) groups excluding carboxylic acids is 1. The molecule has 1 atom stereocenters. The van der Waals surface area contributed by atoms with Crippen molar-refractivity contribution in [3.05, 3.63) is 35.9 Å². The average molecular weight is 400 g/mol. The Kier molecular flexibility index (Phi) is 9.98. The molecule has 1 heterocycles. The number of aliphatic carboxylic acids is 1. The van der Waals surface area contributed by atoms with Gasteiger partial charge in [-0.2, -0.15) is 18.4 Å². The van der Waals surface area contributed by atoms with E-state index in [4.69, 9.17) is 15.2 Å². The van der Waals surface area contributed by atoms with Gasteiger partial charge in [0.1, 0.15) is 0 Å². The van der Waals surface area contributed by atoms with Crippen molar-refractivity contribution in [2.45, 2.75) is 31.6 Å². The monoisotopic (exact) mass is 400 g/mol. The highest BCUT2D eigenvalue weighted by molar-refractivity contribution is 5.78. The van der Waals surface area contributed by atoms with Crippen LogP contribution < -0.4 is 10.6 Å². The molecule has 2 rings (SSSR count). The number of carboxylic acids is 1. The Balaban J connectivity index is 0.000000480. The van der Waals surface area contributed by atoms with E-state index >= 15 is 0 Å². The van der Waals surface area contributed by atoms with Gasteiger partial charge in [0, 0.05) is 19.1 Å². The number of nitriles is 1. The number of alkyl halides is 3. The summed E-state index contributed by atoms with van der Waals surface area (Å²) in [5.74, 6) is -2.75. The molecule has 0 radical (unpaired) electrons. The first-order valence-corrected chi connectivity index (χ1v) is 8.66. The van der Waals surface area contributed by atoms with Crippen LogP contribution in [0.1, 0.15) is 18.4 Å². The maximum atomic E-state index is 11.8. The van der Waals surface area contributed by atoms with E-state index in [0.717, 1.165) is 19.4 Å². The third kappa shape index (κ3) is 9.34. The van der Waals surface area contributed by atoms with Crippen LogP contribution in [0.3, 0.4) is 0 Å². The van der Waals surface area contributed by atoms with Crippen LogP contribution in [-0.2, 0) is 16.1 Å². The minimum Gasteiger partial charge on any atom is -0.475 e. The summed E-state index contributed by atoms with van der Waals surface area (Å²) >= 11 is 0. The number of nitrogens with zero attached hydrogens (tertiary/aromatic N) is 2. The minimum atomic E-state index is -5.08. The van der Waals surface area contributed by atoms with Gasteiger partial charge in [0.15, 0.2) is 0 Å². The molecule has 3 N–H and O–H groups in total. The topological polar surface area (TPSA) is 105 Å². The zero-order valence-corrected chi connectivity index (χ0v) is 15.2. The molecule has 1 amide bonds. The Hall–Kier alpha value is -2.64. The molecule has 1 aromatic carbocycles. The average Bonchev–Trinajstić information content (AvgIpc) is 3.08. The Morgan fingerprint density at radius 2 is 1.93 bits per heavy atom. The second kappa shape index (κ2) is 11.9. The molecule has 154 valence electrons. The lowest BCUT2D eigenvalue weighted by Crippen LogP contribution is -2.42. The molecule has 28 heavy (non-hydrogen) atoms. The van der Waals surface area contributed by atoms with Crippen molar-refractivity contribution >= 4 is 11.9 Å². The summed E-state index contributed by atoms with van der Waals surface area (Å²) in [7, 11) is 0. The number of amides is 1. The Labute approximate surface area is 161 Å². The standard InChI is InChI=1S/C16H22N4O.C2HF3O2/c17-8-10-20-9-4-7-15(20)12-19-16(21)13-18-11-14-5-2-1-3-6-14;3-2(4,5)1(6)7/h1-3,5-6,15,18H,4,7,9-13H2,(H,19,21);(H,6,7)/t15-;/m0./s1. The SMILES string of the molecule is N#CCN1CCC[C@H]1CNC(=O)CNCc1ccccc1.O=C(O)C(F)(F)F. The van der Waals surface area contributed by atoms with Crippen LogP contribution in [0.2, 0.25) is 0 Å². The summed E-state index contributed by atoms with van der Waals surface area (Å²) in [4.78, 5) is 22.8. The zero-order valence-electron chi connectivity index (χ0n) is 15.2. The molecule has 10 heteroatoms. The molecular weight excluding hydrogens is 377 g/mol.